The van der Waals surface area contributed by atoms with E-state index in [4.69, 9.17) is 0 Å². The summed E-state index contributed by atoms with van der Waals surface area (Å²) in [5.74, 6) is -2.96. The lowest BCUT2D eigenvalue weighted by molar-refractivity contribution is 0.111. The summed E-state index contributed by atoms with van der Waals surface area (Å²) in [6, 6.07) is 1.78. The van der Waals surface area contributed by atoms with Gasteiger partial charge in [0.1, 0.15) is 4.90 Å². The summed E-state index contributed by atoms with van der Waals surface area (Å²) < 4.78 is 47.8. The van der Waals surface area contributed by atoms with E-state index in [9.17, 15) is 22.0 Å². The predicted molar refractivity (Wildman–Crippen MR) is 44.9 cm³/mol. The largest absolute Gasteiger partial charge is 0.298 e. The standard InChI is InChI=1S/C8H6F2O3S/c1-14(12,13)6-3-2-5(4-11)7(9)8(6)10/h2-4H,1H3. The van der Waals surface area contributed by atoms with E-state index >= 15 is 0 Å². The average molecular weight is 220 g/mol. The summed E-state index contributed by atoms with van der Waals surface area (Å²) in [4.78, 5) is 9.43. The van der Waals surface area contributed by atoms with Crippen LogP contribution in [-0.4, -0.2) is 21.0 Å². The van der Waals surface area contributed by atoms with Gasteiger partial charge in [0.05, 0.1) is 5.56 Å². The number of hydrogen-bond acceptors (Lipinski definition) is 3. The minimum absolute atomic E-state index is 0.116. The smallest absolute Gasteiger partial charge is 0.178 e. The third-order valence-corrected chi connectivity index (χ3v) is 2.72. The van der Waals surface area contributed by atoms with E-state index in [1.807, 2.05) is 0 Å². The molecule has 1 aromatic carbocycles. The Balaban J connectivity index is 3.54. The topological polar surface area (TPSA) is 51.2 Å². The van der Waals surface area contributed by atoms with Gasteiger partial charge in [0.25, 0.3) is 0 Å². The lowest BCUT2D eigenvalue weighted by Crippen LogP contribution is -2.04. The maximum absolute atomic E-state index is 13.0. The van der Waals surface area contributed by atoms with Gasteiger partial charge < -0.3 is 0 Å². The Bertz CT molecular complexity index is 480. The molecule has 0 aliphatic heterocycles. The fourth-order valence-electron chi connectivity index (χ4n) is 0.924. The van der Waals surface area contributed by atoms with Crippen LogP contribution in [0.2, 0.25) is 0 Å². The number of carbonyl (C=O) groups is 1. The number of carbonyl (C=O) groups excluding carboxylic acids is 1. The molecular formula is C8H6F2O3S. The highest BCUT2D eigenvalue weighted by Gasteiger charge is 2.19. The number of halogens is 2. The molecule has 0 aliphatic rings. The molecular weight excluding hydrogens is 214 g/mol. The van der Waals surface area contributed by atoms with Gasteiger partial charge in [0.2, 0.25) is 0 Å². The second-order valence-corrected chi connectivity index (χ2v) is 4.66. The molecule has 0 aliphatic carbocycles. The molecule has 0 unspecified atom stereocenters. The van der Waals surface area contributed by atoms with Gasteiger partial charge in [0, 0.05) is 6.26 Å². The van der Waals surface area contributed by atoms with Gasteiger partial charge in [-0.15, -0.1) is 0 Å². The zero-order valence-electron chi connectivity index (χ0n) is 7.12. The van der Waals surface area contributed by atoms with E-state index in [1.54, 1.807) is 0 Å². The molecule has 0 saturated heterocycles. The molecule has 0 atom stereocenters. The van der Waals surface area contributed by atoms with Gasteiger partial charge in [-0.05, 0) is 12.1 Å². The van der Waals surface area contributed by atoms with Crippen LogP contribution in [0.25, 0.3) is 0 Å². The second kappa shape index (κ2) is 3.45. The number of sulfone groups is 1. The van der Waals surface area contributed by atoms with Gasteiger partial charge in [0.15, 0.2) is 27.8 Å². The molecule has 0 fully saturated rings. The summed E-state index contributed by atoms with van der Waals surface area (Å²) in [5, 5.41) is 0. The maximum atomic E-state index is 13.0. The Morgan fingerprint density at radius 2 is 1.79 bits per heavy atom. The molecule has 3 nitrogen and oxygen atoms in total. The molecule has 0 bridgehead atoms. The van der Waals surface area contributed by atoms with Crippen LogP contribution in [0.5, 0.6) is 0 Å². The Kier molecular flexibility index (Phi) is 2.66. The summed E-state index contributed by atoms with van der Waals surface area (Å²) >= 11 is 0. The first kappa shape index (κ1) is 10.8. The van der Waals surface area contributed by atoms with Crippen molar-refractivity contribution in [1.29, 1.82) is 0 Å². The minimum atomic E-state index is -3.81. The van der Waals surface area contributed by atoms with Gasteiger partial charge in [-0.1, -0.05) is 0 Å². The second-order valence-electron chi connectivity index (χ2n) is 2.67. The van der Waals surface area contributed by atoms with Crippen molar-refractivity contribution in [2.45, 2.75) is 4.90 Å². The van der Waals surface area contributed by atoms with Crippen molar-refractivity contribution in [3.8, 4) is 0 Å². The Labute approximate surface area is 79.3 Å². The van der Waals surface area contributed by atoms with Crippen LogP contribution >= 0.6 is 0 Å². The van der Waals surface area contributed by atoms with Crippen molar-refractivity contribution in [3.05, 3.63) is 29.3 Å². The molecule has 0 saturated carbocycles. The Morgan fingerprint density at radius 1 is 1.21 bits per heavy atom. The van der Waals surface area contributed by atoms with Crippen molar-refractivity contribution in [2.24, 2.45) is 0 Å². The quantitative estimate of drug-likeness (QED) is 0.703. The zero-order valence-corrected chi connectivity index (χ0v) is 7.94. The van der Waals surface area contributed by atoms with Crippen LogP contribution in [-0.2, 0) is 9.84 Å². The molecule has 0 N–H and O–H groups in total. The molecule has 1 aromatic rings. The molecule has 14 heavy (non-hydrogen) atoms. The summed E-state index contributed by atoms with van der Waals surface area (Å²) in [5.41, 5.74) is -0.505. The molecule has 0 heterocycles. The molecule has 0 radical (unpaired) electrons. The fourth-order valence-corrected chi connectivity index (χ4v) is 1.65. The first-order valence-corrected chi connectivity index (χ1v) is 5.40. The summed E-state index contributed by atoms with van der Waals surface area (Å²) in [6.07, 6.45) is 0.871. The monoisotopic (exact) mass is 220 g/mol. The van der Waals surface area contributed by atoms with Gasteiger partial charge in [-0.3, -0.25) is 4.79 Å². The molecule has 76 valence electrons. The number of benzene rings is 1. The molecule has 0 aromatic heterocycles. The predicted octanol–water partition coefficient (Wildman–Crippen LogP) is 1.18. The fraction of sp³-hybridized carbons (Fsp3) is 0.125. The number of rotatable bonds is 2. The van der Waals surface area contributed by atoms with E-state index in [2.05, 4.69) is 0 Å². The van der Waals surface area contributed by atoms with E-state index in [0.29, 0.717) is 0 Å². The lowest BCUT2D eigenvalue weighted by Gasteiger charge is -2.02. The summed E-state index contributed by atoms with van der Waals surface area (Å²) in [6.45, 7) is 0. The molecule has 0 amide bonds. The van der Waals surface area contributed by atoms with Crippen molar-refractivity contribution in [1.82, 2.24) is 0 Å². The molecule has 1 rings (SSSR count). The highest BCUT2D eigenvalue weighted by molar-refractivity contribution is 7.90. The highest BCUT2D eigenvalue weighted by atomic mass is 32.2. The zero-order chi connectivity index (χ0) is 10.9. The van der Waals surface area contributed by atoms with Crippen LogP contribution in [0.4, 0.5) is 8.78 Å². The van der Waals surface area contributed by atoms with Gasteiger partial charge in [-0.2, -0.15) is 0 Å². The summed E-state index contributed by atoms with van der Waals surface area (Å²) in [7, 11) is -3.81. The van der Waals surface area contributed by atoms with E-state index in [0.717, 1.165) is 18.4 Å². The van der Waals surface area contributed by atoms with Crippen LogP contribution in [0.15, 0.2) is 17.0 Å². The Morgan fingerprint density at radius 3 is 2.21 bits per heavy atom. The van der Waals surface area contributed by atoms with E-state index in [1.165, 1.54) is 0 Å². The lowest BCUT2D eigenvalue weighted by atomic mass is 10.2. The highest BCUT2D eigenvalue weighted by Crippen LogP contribution is 2.19. The van der Waals surface area contributed by atoms with Crippen molar-refractivity contribution < 1.29 is 22.0 Å². The first-order chi connectivity index (χ1) is 6.38. The van der Waals surface area contributed by atoms with Crippen LogP contribution < -0.4 is 0 Å². The first-order valence-electron chi connectivity index (χ1n) is 3.51. The van der Waals surface area contributed by atoms with Crippen LogP contribution in [0, 0.1) is 11.6 Å². The van der Waals surface area contributed by atoms with Crippen molar-refractivity contribution >= 4 is 16.1 Å². The molecule has 0 spiro atoms. The van der Waals surface area contributed by atoms with Crippen molar-refractivity contribution in [3.63, 3.8) is 0 Å². The number of aldehydes is 1. The van der Waals surface area contributed by atoms with Gasteiger partial charge >= 0.3 is 0 Å². The van der Waals surface area contributed by atoms with Crippen LogP contribution in [0.1, 0.15) is 10.4 Å². The molecule has 6 heteroatoms. The minimum Gasteiger partial charge on any atom is -0.298 e. The van der Waals surface area contributed by atoms with E-state index < -0.39 is 31.9 Å². The average Bonchev–Trinajstić information content (AvgIpc) is 2.07. The van der Waals surface area contributed by atoms with Crippen LogP contribution in [0.3, 0.4) is 0 Å². The SMILES string of the molecule is CS(=O)(=O)c1ccc(C=O)c(F)c1F. The Hall–Kier alpha value is -1.30. The normalized spacial score (nSPS) is 11.4. The van der Waals surface area contributed by atoms with Crippen molar-refractivity contribution in [2.75, 3.05) is 6.26 Å². The number of hydrogen-bond donors (Lipinski definition) is 0. The third kappa shape index (κ3) is 1.79. The van der Waals surface area contributed by atoms with Gasteiger partial charge in [-0.25, -0.2) is 17.2 Å². The maximum Gasteiger partial charge on any atom is 0.178 e. The third-order valence-electron chi connectivity index (χ3n) is 1.60. The van der Waals surface area contributed by atoms with E-state index in [-0.39, 0.29) is 6.29 Å².